The standard InChI is InChI=1S/C34H36BrN7O7/c1-39-17-21(15-22(18-39)37-24-16-36-41(3)34(48)29(24)35)19-7-9-20(10-8-19)31(45)40(2)13-14-49-26-6-4-5-23-28(26)33(47)42(32(23)46)25-11-12-27(43)38-30(25)44/h4-10,16,21-22,25,37H,11-15,17-18H2,1-3H3,(H,38,43,44). The Kier molecular flexibility index (Phi) is 9.65. The fourth-order valence-electron chi connectivity index (χ4n) is 6.61. The van der Waals surface area contributed by atoms with Gasteiger partial charge in [0.2, 0.25) is 11.8 Å². The van der Waals surface area contributed by atoms with Crippen molar-refractivity contribution in [3.63, 3.8) is 0 Å². The van der Waals surface area contributed by atoms with Crippen LogP contribution in [0.1, 0.15) is 61.8 Å². The van der Waals surface area contributed by atoms with Crippen molar-refractivity contribution >= 4 is 51.2 Å². The molecule has 3 aliphatic heterocycles. The van der Waals surface area contributed by atoms with Gasteiger partial charge in [-0.15, -0.1) is 0 Å². The quantitative estimate of drug-likeness (QED) is 0.311. The third kappa shape index (κ3) is 6.85. The van der Waals surface area contributed by atoms with Crippen molar-refractivity contribution in [1.82, 2.24) is 29.8 Å². The van der Waals surface area contributed by atoms with E-state index < -0.39 is 29.7 Å². The molecule has 0 aliphatic carbocycles. The van der Waals surface area contributed by atoms with Crippen LogP contribution in [0.15, 0.2) is 57.9 Å². The summed E-state index contributed by atoms with van der Waals surface area (Å²) in [6, 6.07) is 11.2. The average Bonchev–Trinajstić information content (AvgIpc) is 3.34. The molecule has 6 rings (SSSR count). The Hall–Kier alpha value is -4.89. The highest BCUT2D eigenvalue weighted by Gasteiger charge is 2.46. The molecule has 0 spiro atoms. The Bertz CT molecular complexity index is 1900. The third-order valence-corrected chi connectivity index (χ3v) is 9.93. The van der Waals surface area contributed by atoms with Gasteiger partial charge in [-0.3, -0.25) is 39.0 Å². The summed E-state index contributed by atoms with van der Waals surface area (Å²) in [5, 5.41) is 9.77. The number of anilines is 1. The monoisotopic (exact) mass is 733 g/mol. The lowest BCUT2D eigenvalue weighted by atomic mass is 9.87. The smallest absolute Gasteiger partial charge is 0.282 e. The van der Waals surface area contributed by atoms with Gasteiger partial charge >= 0.3 is 0 Å². The summed E-state index contributed by atoms with van der Waals surface area (Å²) in [5.74, 6) is -2.21. The van der Waals surface area contributed by atoms with Crippen LogP contribution in [-0.4, -0.2) is 106 Å². The molecule has 256 valence electrons. The third-order valence-electron chi connectivity index (χ3n) is 9.16. The maximum absolute atomic E-state index is 13.3. The fourth-order valence-corrected chi connectivity index (χ4v) is 7.09. The zero-order valence-electron chi connectivity index (χ0n) is 27.3. The first kappa shape index (κ1) is 34.0. The molecular formula is C34H36BrN7O7. The van der Waals surface area contributed by atoms with E-state index in [-0.39, 0.29) is 66.3 Å². The molecule has 4 heterocycles. The minimum Gasteiger partial charge on any atom is -0.491 e. The summed E-state index contributed by atoms with van der Waals surface area (Å²) in [6.07, 6.45) is 2.56. The molecule has 14 nitrogen and oxygen atoms in total. The van der Waals surface area contributed by atoms with Crippen molar-refractivity contribution in [3.8, 4) is 5.75 Å². The van der Waals surface area contributed by atoms with Gasteiger partial charge in [0.25, 0.3) is 23.3 Å². The van der Waals surface area contributed by atoms with E-state index in [9.17, 15) is 28.8 Å². The Labute approximate surface area is 290 Å². The van der Waals surface area contributed by atoms with Crippen molar-refractivity contribution in [2.45, 2.75) is 37.3 Å². The van der Waals surface area contributed by atoms with Gasteiger partial charge in [0, 0.05) is 45.2 Å². The summed E-state index contributed by atoms with van der Waals surface area (Å²) >= 11 is 3.39. The summed E-state index contributed by atoms with van der Waals surface area (Å²) < 4.78 is 7.62. The lowest BCUT2D eigenvalue weighted by Crippen LogP contribution is -2.54. The zero-order chi connectivity index (χ0) is 35.0. The van der Waals surface area contributed by atoms with Gasteiger partial charge in [-0.1, -0.05) is 18.2 Å². The number of hydrogen-bond donors (Lipinski definition) is 2. The van der Waals surface area contributed by atoms with E-state index >= 15 is 0 Å². The largest absolute Gasteiger partial charge is 0.491 e. The van der Waals surface area contributed by atoms with Crippen LogP contribution in [-0.2, 0) is 16.6 Å². The van der Waals surface area contributed by atoms with Gasteiger partial charge < -0.3 is 19.9 Å². The fraction of sp³-hybridized carbons (Fsp3) is 0.382. The molecule has 1 aromatic heterocycles. The molecule has 3 unspecified atom stereocenters. The van der Waals surface area contributed by atoms with Crippen molar-refractivity contribution < 1.29 is 28.7 Å². The van der Waals surface area contributed by atoms with Gasteiger partial charge in [-0.25, -0.2) is 4.68 Å². The molecule has 49 heavy (non-hydrogen) atoms. The minimum absolute atomic E-state index is 0.0293. The van der Waals surface area contributed by atoms with Gasteiger partial charge in [0.05, 0.1) is 29.6 Å². The molecule has 0 saturated carbocycles. The summed E-state index contributed by atoms with van der Waals surface area (Å²) in [5.41, 5.74) is 2.24. The second kappa shape index (κ2) is 13.9. The van der Waals surface area contributed by atoms with Gasteiger partial charge in [0.1, 0.15) is 22.9 Å². The molecule has 5 amide bonds. The van der Waals surface area contributed by atoms with Crippen LogP contribution < -0.4 is 20.9 Å². The van der Waals surface area contributed by atoms with Gasteiger partial charge in [0.15, 0.2) is 0 Å². The molecule has 0 radical (unpaired) electrons. The molecule has 2 fully saturated rings. The van der Waals surface area contributed by atoms with Crippen LogP contribution in [0.25, 0.3) is 0 Å². The van der Waals surface area contributed by atoms with E-state index in [0.717, 1.165) is 30.0 Å². The molecule has 2 aromatic carbocycles. The first-order chi connectivity index (χ1) is 23.4. The number of benzene rings is 2. The molecular weight excluding hydrogens is 698 g/mol. The number of fused-ring (bicyclic) bond motifs is 1. The highest BCUT2D eigenvalue weighted by atomic mass is 79.9. The van der Waals surface area contributed by atoms with Crippen molar-refractivity contribution in [1.29, 1.82) is 0 Å². The highest BCUT2D eigenvalue weighted by molar-refractivity contribution is 9.10. The number of aryl methyl sites for hydroxylation is 1. The average molecular weight is 735 g/mol. The van der Waals surface area contributed by atoms with Crippen LogP contribution in [0, 0.1) is 0 Å². The maximum Gasteiger partial charge on any atom is 0.282 e. The number of halogens is 1. The van der Waals surface area contributed by atoms with E-state index in [0.29, 0.717) is 15.7 Å². The SMILES string of the molecule is CN1CC(Nc2cnn(C)c(=O)c2Br)CC(c2ccc(C(=O)N(C)CCOc3cccc4c3C(=O)N(C3CCC(=O)NC3=O)C4=O)cc2)C1. The predicted molar refractivity (Wildman–Crippen MR) is 181 cm³/mol. The Morgan fingerprint density at radius 1 is 1.06 bits per heavy atom. The van der Waals surface area contributed by atoms with Crippen LogP contribution in [0.5, 0.6) is 5.75 Å². The van der Waals surface area contributed by atoms with E-state index in [1.54, 1.807) is 32.4 Å². The van der Waals surface area contributed by atoms with E-state index in [1.165, 1.54) is 15.6 Å². The first-order valence-corrected chi connectivity index (χ1v) is 16.7. The normalized spacial score (nSPS) is 21.0. The lowest BCUT2D eigenvalue weighted by molar-refractivity contribution is -0.136. The summed E-state index contributed by atoms with van der Waals surface area (Å²) in [6.45, 7) is 1.91. The number of rotatable bonds is 9. The summed E-state index contributed by atoms with van der Waals surface area (Å²) in [7, 11) is 5.31. The molecule has 15 heteroatoms. The van der Waals surface area contributed by atoms with Crippen molar-refractivity contribution in [3.05, 3.63) is 85.7 Å². The molecule has 0 bridgehead atoms. The topological polar surface area (TPSA) is 163 Å². The number of nitrogens with one attached hydrogen (secondary N) is 2. The van der Waals surface area contributed by atoms with Gasteiger partial charge in [-0.2, -0.15) is 5.10 Å². The zero-order valence-corrected chi connectivity index (χ0v) is 28.9. The van der Waals surface area contributed by atoms with E-state index in [1.807, 2.05) is 24.3 Å². The van der Waals surface area contributed by atoms with Gasteiger partial charge in [-0.05, 0) is 71.6 Å². The van der Waals surface area contributed by atoms with E-state index in [2.05, 4.69) is 43.6 Å². The number of piperidine rings is 2. The first-order valence-electron chi connectivity index (χ1n) is 15.9. The Balaban J connectivity index is 1.05. The van der Waals surface area contributed by atoms with Crippen LogP contribution >= 0.6 is 15.9 Å². The lowest BCUT2D eigenvalue weighted by Gasteiger charge is -2.37. The number of imide groups is 2. The number of likely N-dealkylation sites (tertiary alicyclic amines) is 1. The number of carbonyl (C=O) groups excluding carboxylic acids is 5. The van der Waals surface area contributed by atoms with Crippen LogP contribution in [0.3, 0.4) is 0 Å². The number of ether oxygens (including phenoxy) is 1. The molecule has 3 aliphatic rings. The Morgan fingerprint density at radius 3 is 2.55 bits per heavy atom. The van der Waals surface area contributed by atoms with Crippen molar-refractivity contribution in [2.24, 2.45) is 7.05 Å². The number of amides is 5. The van der Waals surface area contributed by atoms with Crippen LogP contribution in [0.4, 0.5) is 5.69 Å². The number of aromatic nitrogens is 2. The molecule has 3 aromatic rings. The number of carbonyl (C=O) groups is 5. The van der Waals surface area contributed by atoms with Crippen molar-refractivity contribution in [2.75, 3.05) is 45.7 Å². The molecule has 2 N–H and O–H groups in total. The van der Waals surface area contributed by atoms with Crippen LogP contribution in [0.2, 0.25) is 0 Å². The predicted octanol–water partition coefficient (Wildman–Crippen LogP) is 1.99. The second-order valence-electron chi connectivity index (χ2n) is 12.6. The summed E-state index contributed by atoms with van der Waals surface area (Å²) in [4.78, 5) is 80.6. The maximum atomic E-state index is 13.3. The number of nitrogens with zero attached hydrogens (tertiary/aromatic N) is 5. The molecule has 3 atom stereocenters. The number of likely N-dealkylation sites (N-methyl/N-ethyl adjacent to an activating group) is 2. The Morgan fingerprint density at radius 2 is 1.82 bits per heavy atom. The second-order valence-corrected chi connectivity index (χ2v) is 13.4. The number of hydrogen-bond acceptors (Lipinski definition) is 10. The highest BCUT2D eigenvalue weighted by Crippen LogP contribution is 2.34. The minimum atomic E-state index is -1.07. The molecule has 2 saturated heterocycles. The van der Waals surface area contributed by atoms with E-state index in [4.69, 9.17) is 4.74 Å².